The first-order valence-corrected chi connectivity index (χ1v) is 12.6. The summed E-state index contributed by atoms with van der Waals surface area (Å²) in [6.45, 7) is 6.65. The lowest BCUT2D eigenvalue weighted by Crippen LogP contribution is -2.52. The minimum Gasteiger partial charge on any atom is -0.378 e. The highest BCUT2D eigenvalue weighted by molar-refractivity contribution is 5.75. The second-order valence-electron chi connectivity index (χ2n) is 9.61. The van der Waals surface area contributed by atoms with Crippen molar-refractivity contribution in [2.45, 2.75) is 38.1 Å². The third-order valence-corrected chi connectivity index (χ3v) is 7.21. The van der Waals surface area contributed by atoms with Crippen LogP contribution < -0.4 is 0 Å². The molecule has 2 unspecified atom stereocenters. The zero-order valence-corrected chi connectivity index (χ0v) is 20.3. The SMILES string of the molecule is CCc1ccc(C2CC(c3cn(Cc4ccc(F)cc4)cn3)CN(C(=O)N3CCOCC3)C2)cc1. The number of aromatic nitrogens is 2. The number of halogens is 1. The van der Waals surface area contributed by atoms with E-state index in [1.165, 1.54) is 23.3 Å². The number of hydrogen-bond donors (Lipinski definition) is 0. The Morgan fingerprint density at radius 1 is 0.971 bits per heavy atom. The van der Waals surface area contributed by atoms with E-state index in [2.05, 4.69) is 37.4 Å². The van der Waals surface area contributed by atoms with Crippen LogP contribution in [0.2, 0.25) is 0 Å². The van der Waals surface area contributed by atoms with Gasteiger partial charge in [0.15, 0.2) is 0 Å². The first-order valence-electron chi connectivity index (χ1n) is 12.6. The molecular weight excluding hydrogens is 443 g/mol. The van der Waals surface area contributed by atoms with Gasteiger partial charge in [-0.2, -0.15) is 0 Å². The van der Waals surface area contributed by atoms with E-state index in [0.717, 1.165) is 24.1 Å². The Balaban J connectivity index is 1.36. The van der Waals surface area contributed by atoms with Gasteiger partial charge in [-0.1, -0.05) is 43.3 Å². The van der Waals surface area contributed by atoms with E-state index in [1.807, 2.05) is 20.7 Å². The summed E-state index contributed by atoms with van der Waals surface area (Å²) in [4.78, 5) is 22.1. The van der Waals surface area contributed by atoms with E-state index in [9.17, 15) is 9.18 Å². The van der Waals surface area contributed by atoms with Gasteiger partial charge < -0.3 is 19.1 Å². The molecule has 0 aliphatic carbocycles. The molecule has 35 heavy (non-hydrogen) atoms. The molecule has 2 atom stereocenters. The zero-order chi connectivity index (χ0) is 24.2. The molecular formula is C28H33FN4O2. The molecule has 7 heteroatoms. The Kier molecular flexibility index (Phi) is 7.13. The van der Waals surface area contributed by atoms with Crippen LogP contribution in [0.25, 0.3) is 0 Å². The quantitative estimate of drug-likeness (QED) is 0.538. The first kappa shape index (κ1) is 23.5. The van der Waals surface area contributed by atoms with Gasteiger partial charge in [-0.25, -0.2) is 14.2 Å². The molecule has 0 saturated carbocycles. The molecule has 0 bridgehead atoms. The number of carbonyl (C=O) groups is 1. The third-order valence-electron chi connectivity index (χ3n) is 7.21. The van der Waals surface area contributed by atoms with Crippen LogP contribution in [0.15, 0.2) is 61.1 Å². The van der Waals surface area contributed by atoms with E-state index in [0.29, 0.717) is 45.9 Å². The minimum atomic E-state index is -0.231. The number of likely N-dealkylation sites (tertiary alicyclic amines) is 1. The molecule has 1 aromatic heterocycles. The molecule has 2 aliphatic rings. The van der Waals surface area contributed by atoms with Crippen molar-refractivity contribution in [3.8, 4) is 0 Å². The number of rotatable bonds is 5. The van der Waals surface area contributed by atoms with Crippen molar-refractivity contribution in [3.63, 3.8) is 0 Å². The highest BCUT2D eigenvalue weighted by Crippen LogP contribution is 2.36. The van der Waals surface area contributed by atoms with Gasteiger partial charge in [0, 0.05) is 50.8 Å². The van der Waals surface area contributed by atoms with E-state index >= 15 is 0 Å². The van der Waals surface area contributed by atoms with E-state index in [-0.39, 0.29) is 23.7 Å². The number of urea groups is 1. The Bertz CT molecular complexity index is 1120. The molecule has 2 aliphatic heterocycles. The van der Waals surface area contributed by atoms with E-state index in [1.54, 1.807) is 12.1 Å². The fourth-order valence-corrected chi connectivity index (χ4v) is 5.17. The number of nitrogens with zero attached hydrogens (tertiary/aromatic N) is 4. The number of ether oxygens (including phenoxy) is 1. The van der Waals surface area contributed by atoms with Gasteiger partial charge in [-0.3, -0.25) is 0 Å². The maximum absolute atomic E-state index is 13.4. The predicted octanol–water partition coefficient (Wildman–Crippen LogP) is 4.66. The molecule has 0 N–H and O–H groups in total. The minimum absolute atomic E-state index is 0.0962. The number of aryl methyl sites for hydroxylation is 1. The topological polar surface area (TPSA) is 50.6 Å². The monoisotopic (exact) mass is 476 g/mol. The maximum atomic E-state index is 13.4. The van der Waals surface area contributed by atoms with Gasteiger partial charge >= 0.3 is 6.03 Å². The van der Waals surface area contributed by atoms with Crippen LogP contribution in [-0.2, 0) is 17.7 Å². The summed E-state index contributed by atoms with van der Waals surface area (Å²) in [5.74, 6) is 0.177. The Morgan fingerprint density at radius 3 is 2.37 bits per heavy atom. The molecule has 0 radical (unpaired) electrons. The second-order valence-corrected chi connectivity index (χ2v) is 9.61. The fraction of sp³-hybridized carbons (Fsp3) is 0.429. The van der Waals surface area contributed by atoms with Gasteiger partial charge in [0.2, 0.25) is 0 Å². The lowest BCUT2D eigenvalue weighted by Gasteiger charge is -2.40. The van der Waals surface area contributed by atoms with Crippen LogP contribution >= 0.6 is 0 Å². The summed E-state index contributed by atoms with van der Waals surface area (Å²) >= 11 is 0. The van der Waals surface area contributed by atoms with Crippen LogP contribution in [0.3, 0.4) is 0 Å². The van der Waals surface area contributed by atoms with Crippen molar-refractivity contribution in [2.24, 2.45) is 0 Å². The van der Waals surface area contributed by atoms with Crippen molar-refractivity contribution in [1.82, 2.24) is 19.4 Å². The first-order chi connectivity index (χ1) is 17.1. The largest absolute Gasteiger partial charge is 0.378 e. The van der Waals surface area contributed by atoms with Crippen LogP contribution in [0.1, 0.15) is 47.6 Å². The number of piperidine rings is 1. The van der Waals surface area contributed by atoms with Crippen molar-refractivity contribution >= 4 is 6.03 Å². The Hall–Kier alpha value is -3.19. The average molecular weight is 477 g/mol. The highest BCUT2D eigenvalue weighted by atomic mass is 19.1. The molecule has 2 saturated heterocycles. The van der Waals surface area contributed by atoms with Gasteiger partial charge in [0.05, 0.1) is 25.2 Å². The molecule has 2 amide bonds. The summed E-state index contributed by atoms with van der Waals surface area (Å²) in [7, 11) is 0. The van der Waals surface area contributed by atoms with Gasteiger partial charge in [0.1, 0.15) is 5.82 Å². The van der Waals surface area contributed by atoms with Gasteiger partial charge in [-0.05, 0) is 41.7 Å². The lowest BCUT2D eigenvalue weighted by atomic mass is 9.83. The van der Waals surface area contributed by atoms with Crippen molar-refractivity contribution < 1.29 is 13.9 Å². The third kappa shape index (κ3) is 5.56. The number of amides is 2. The number of hydrogen-bond acceptors (Lipinski definition) is 3. The van der Waals surface area contributed by atoms with Crippen LogP contribution in [0, 0.1) is 5.82 Å². The molecule has 6 nitrogen and oxygen atoms in total. The molecule has 2 aromatic carbocycles. The molecule has 5 rings (SSSR count). The number of imidazole rings is 1. The van der Waals surface area contributed by atoms with Crippen LogP contribution in [0.5, 0.6) is 0 Å². The Morgan fingerprint density at radius 2 is 1.66 bits per heavy atom. The van der Waals surface area contributed by atoms with Crippen LogP contribution in [-0.4, -0.2) is 64.8 Å². The summed E-state index contributed by atoms with van der Waals surface area (Å²) in [6, 6.07) is 15.5. The van der Waals surface area contributed by atoms with Crippen molar-refractivity contribution in [3.05, 3.63) is 89.3 Å². The fourth-order valence-electron chi connectivity index (χ4n) is 5.17. The molecule has 3 heterocycles. The molecule has 184 valence electrons. The Labute approximate surface area is 206 Å². The molecule has 2 fully saturated rings. The standard InChI is InChI=1S/C28H33FN4O2/c1-2-21-3-7-23(8-4-21)24-15-25(18-33(17-24)28(34)32-11-13-35-14-12-32)27-19-31(20-30-27)16-22-5-9-26(29)10-6-22/h3-10,19-20,24-25H,2,11-18H2,1H3. The number of carbonyl (C=O) groups excluding carboxylic acids is 1. The summed E-state index contributed by atoms with van der Waals surface area (Å²) < 4.78 is 20.8. The van der Waals surface area contributed by atoms with Gasteiger partial charge in [0.25, 0.3) is 0 Å². The second kappa shape index (κ2) is 10.6. The van der Waals surface area contributed by atoms with Crippen molar-refractivity contribution in [1.29, 1.82) is 0 Å². The summed E-state index contributed by atoms with van der Waals surface area (Å²) in [5.41, 5.74) is 4.62. The van der Waals surface area contributed by atoms with E-state index in [4.69, 9.17) is 9.72 Å². The highest BCUT2D eigenvalue weighted by Gasteiger charge is 2.35. The molecule has 3 aromatic rings. The number of morpholine rings is 1. The number of benzene rings is 2. The normalized spacial score (nSPS) is 20.7. The smallest absolute Gasteiger partial charge is 0.320 e. The van der Waals surface area contributed by atoms with Gasteiger partial charge in [-0.15, -0.1) is 0 Å². The average Bonchev–Trinajstić information content (AvgIpc) is 3.38. The lowest BCUT2D eigenvalue weighted by molar-refractivity contribution is 0.0398. The molecule has 0 spiro atoms. The predicted molar refractivity (Wildman–Crippen MR) is 133 cm³/mol. The van der Waals surface area contributed by atoms with Crippen LogP contribution in [0.4, 0.5) is 9.18 Å². The summed E-state index contributed by atoms with van der Waals surface area (Å²) in [6.07, 6.45) is 5.88. The maximum Gasteiger partial charge on any atom is 0.320 e. The summed E-state index contributed by atoms with van der Waals surface area (Å²) in [5, 5.41) is 0. The van der Waals surface area contributed by atoms with E-state index < -0.39 is 0 Å². The van der Waals surface area contributed by atoms with Crippen molar-refractivity contribution in [2.75, 3.05) is 39.4 Å². The zero-order valence-electron chi connectivity index (χ0n) is 20.3.